The van der Waals surface area contributed by atoms with E-state index >= 15 is 0 Å². The van der Waals surface area contributed by atoms with Gasteiger partial charge in [-0.3, -0.25) is 4.79 Å². The van der Waals surface area contributed by atoms with Crippen molar-refractivity contribution in [2.75, 3.05) is 39.4 Å². The first-order valence-corrected chi connectivity index (χ1v) is 8.91. The van der Waals surface area contributed by atoms with Crippen molar-refractivity contribution < 1.29 is 18.7 Å². The van der Waals surface area contributed by atoms with Crippen LogP contribution in [0.4, 0.5) is 0 Å². The molecule has 0 aliphatic carbocycles. The summed E-state index contributed by atoms with van der Waals surface area (Å²) >= 11 is 0. The molecule has 2 fully saturated rings. The molecule has 0 radical (unpaired) electrons. The average Bonchev–Trinajstić information content (AvgIpc) is 3.21. The quantitative estimate of drug-likeness (QED) is 0.797. The molecule has 7 nitrogen and oxygen atoms in total. The number of carbonyl (C=O) groups excluding carboxylic acids is 1. The Hall–Kier alpha value is -1.44. The zero-order valence-corrected chi connectivity index (χ0v) is 14.3. The Bertz CT molecular complexity index is 528. The number of ether oxygens (including phenoxy) is 2. The summed E-state index contributed by atoms with van der Waals surface area (Å²) < 4.78 is 16.6. The largest absolute Gasteiger partial charge is 0.445 e. The molecule has 0 aromatic carbocycles. The van der Waals surface area contributed by atoms with E-state index in [-0.39, 0.29) is 18.1 Å². The Morgan fingerprint density at radius 1 is 1.38 bits per heavy atom. The van der Waals surface area contributed by atoms with Crippen molar-refractivity contribution in [3.63, 3.8) is 0 Å². The molecule has 134 valence electrons. The number of oxazole rings is 1. The minimum atomic E-state index is -0.179. The number of nitrogens with one attached hydrogen (secondary N) is 1. The molecule has 0 bridgehead atoms. The van der Waals surface area contributed by atoms with Gasteiger partial charge in [0.25, 0.3) is 5.91 Å². The van der Waals surface area contributed by atoms with Gasteiger partial charge < -0.3 is 24.1 Å². The summed E-state index contributed by atoms with van der Waals surface area (Å²) in [6.45, 7) is 7.27. The number of hydrogen-bond donors (Lipinski definition) is 1. The van der Waals surface area contributed by atoms with Crippen molar-refractivity contribution in [1.82, 2.24) is 15.2 Å². The molecular formula is C17H27N3O4. The van der Waals surface area contributed by atoms with Crippen molar-refractivity contribution in [2.45, 2.75) is 44.8 Å². The van der Waals surface area contributed by atoms with E-state index in [1.165, 1.54) is 6.39 Å². The summed E-state index contributed by atoms with van der Waals surface area (Å²) in [7, 11) is 0. The molecule has 1 N–H and O–H groups in total. The predicted octanol–water partition coefficient (Wildman–Crippen LogP) is 1.76. The third kappa shape index (κ3) is 4.55. The number of amides is 1. The highest BCUT2D eigenvalue weighted by Gasteiger charge is 2.27. The Labute approximate surface area is 142 Å². The Morgan fingerprint density at radius 3 is 3.08 bits per heavy atom. The molecule has 1 amide bonds. The second kappa shape index (κ2) is 8.60. The first-order chi connectivity index (χ1) is 11.7. The first kappa shape index (κ1) is 17.4. The number of carbonyl (C=O) groups is 1. The summed E-state index contributed by atoms with van der Waals surface area (Å²) in [5.41, 5.74) is 0.360. The predicted molar refractivity (Wildman–Crippen MR) is 87.9 cm³/mol. The van der Waals surface area contributed by atoms with Gasteiger partial charge in [0.05, 0.1) is 6.10 Å². The number of rotatable bonds is 6. The zero-order chi connectivity index (χ0) is 16.8. The van der Waals surface area contributed by atoms with Gasteiger partial charge in [-0.1, -0.05) is 0 Å². The minimum absolute atomic E-state index is 0.133. The zero-order valence-electron chi connectivity index (χ0n) is 14.3. The molecule has 24 heavy (non-hydrogen) atoms. The Balaban J connectivity index is 1.42. The van der Waals surface area contributed by atoms with Crippen LogP contribution in [0.15, 0.2) is 10.8 Å². The van der Waals surface area contributed by atoms with Crippen molar-refractivity contribution in [3.05, 3.63) is 17.8 Å². The molecule has 3 rings (SSSR count). The van der Waals surface area contributed by atoms with Gasteiger partial charge in [-0.15, -0.1) is 0 Å². The van der Waals surface area contributed by atoms with E-state index in [4.69, 9.17) is 13.9 Å². The third-order valence-corrected chi connectivity index (χ3v) is 4.51. The topological polar surface area (TPSA) is 76.8 Å². The van der Waals surface area contributed by atoms with E-state index in [1.807, 2.05) is 0 Å². The standard InChI is InChI=1S/C17H27N3O4/c1-13-11-20(8-4-10-22-13)7-3-6-18-17(21)15-16(24-12-19-15)14-5-2-9-23-14/h12-14H,2-11H2,1H3,(H,18,21)/t13-,14-/m1/s1. The highest BCUT2D eigenvalue weighted by atomic mass is 16.5. The van der Waals surface area contributed by atoms with E-state index in [1.54, 1.807) is 0 Å². The lowest BCUT2D eigenvalue weighted by atomic mass is 10.1. The van der Waals surface area contributed by atoms with Crippen LogP contribution in [0, 0.1) is 0 Å². The maximum absolute atomic E-state index is 12.3. The number of nitrogens with zero attached hydrogens (tertiary/aromatic N) is 2. The smallest absolute Gasteiger partial charge is 0.273 e. The summed E-state index contributed by atoms with van der Waals surface area (Å²) in [6.07, 6.45) is 5.32. The highest BCUT2D eigenvalue weighted by molar-refractivity contribution is 5.93. The van der Waals surface area contributed by atoms with Crippen LogP contribution in [0.3, 0.4) is 0 Å². The summed E-state index contributed by atoms with van der Waals surface area (Å²) in [4.78, 5) is 18.8. The summed E-state index contributed by atoms with van der Waals surface area (Å²) in [5, 5.41) is 2.94. The van der Waals surface area contributed by atoms with Gasteiger partial charge >= 0.3 is 0 Å². The van der Waals surface area contributed by atoms with Gasteiger partial charge in [0.15, 0.2) is 17.8 Å². The molecule has 1 aromatic heterocycles. The van der Waals surface area contributed by atoms with Crippen LogP contribution >= 0.6 is 0 Å². The van der Waals surface area contributed by atoms with Gasteiger partial charge in [-0.2, -0.15) is 0 Å². The molecule has 2 atom stereocenters. The van der Waals surface area contributed by atoms with Crippen molar-refractivity contribution in [1.29, 1.82) is 0 Å². The minimum Gasteiger partial charge on any atom is -0.445 e. The fourth-order valence-corrected chi connectivity index (χ4v) is 3.31. The van der Waals surface area contributed by atoms with Gasteiger partial charge in [-0.05, 0) is 39.2 Å². The molecular weight excluding hydrogens is 310 g/mol. The fraction of sp³-hybridized carbons (Fsp3) is 0.765. The van der Waals surface area contributed by atoms with Crippen LogP contribution in [-0.4, -0.2) is 61.3 Å². The van der Waals surface area contributed by atoms with E-state index in [2.05, 4.69) is 22.1 Å². The summed E-state index contributed by atoms with van der Waals surface area (Å²) in [6, 6.07) is 0. The van der Waals surface area contributed by atoms with E-state index in [0.717, 1.165) is 51.9 Å². The monoisotopic (exact) mass is 337 g/mol. The Kier molecular flexibility index (Phi) is 6.23. The van der Waals surface area contributed by atoms with Crippen molar-refractivity contribution >= 4 is 5.91 Å². The van der Waals surface area contributed by atoms with Crippen LogP contribution in [-0.2, 0) is 9.47 Å². The maximum Gasteiger partial charge on any atom is 0.273 e. The lowest BCUT2D eigenvalue weighted by Crippen LogP contribution is -2.34. The van der Waals surface area contributed by atoms with Crippen molar-refractivity contribution in [3.8, 4) is 0 Å². The first-order valence-electron chi connectivity index (χ1n) is 8.91. The Morgan fingerprint density at radius 2 is 2.25 bits per heavy atom. The van der Waals surface area contributed by atoms with Gasteiger partial charge in [0.1, 0.15) is 6.10 Å². The van der Waals surface area contributed by atoms with E-state index in [9.17, 15) is 4.79 Å². The van der Waals surface area contributed by atoms with Crippen LogP contribution in [0.5, 0.6) is 0 Å². The fourth-order valence-electron chi connectivity index (χ4n) is 3.31. The number of aromatic nitrogens is 1. The summed E-state index contributed by atoms with van der Waals surface area (Å²) in [5.74, 6) is 0.380. The molecule has 0 spiro atoms. The molecule has 0 unspecified atom stereocenters. The lowest BCUT2D eigenvalue weighted by molar-refractivity contribution is 0.0675. The molecule has 7 heteroatoms. The second-order valence-corrected chi connectivity index (χ2v) is 6.51. The van der Waals surface area contributed by atoms with Crippen LogP contribution in [0.25, 0.3) is 0 Å². The van der Waals surface area contributed by atoms with Crippen LogP contribution < -0.4 is 5.32 Å². The van der Waals surface area contributed by atoms with E-state index in [0.29, 0.717) is 24.6 Å². The molecule has 0 saturated carbocycles. The van der Waals surface area contributed by atoms with Crippen molar-refractivity contribution in [2.24, 2.45) is 0 Å². The van der Waals surface area contributed by atoms with E-state index < -0.39 is 0 Å². The average molecular weight is 337 g/mol. The second-order valence-electron chi connectivity index (χ2n) is 6.51. The maximum atomic E-state index is 12.3. The SMILES string of the molecule is C[C@@H]1CN(CCCNC(=O)c2ncoc2[C@H]2CCCO2)CCCO1. The highest BCUT2D eigenvalue weighted by Crippen LogP contribution is 2.30. The normalized spacial score (nSPS) is 25.5. The molecule has 2 aliphatic heterocycles. The molecule has 2 aliphatic rings. The van der Waals surface area contributed by atoms with Gasteiger partial charge in [-0.25, -0.2) is 4.98 Å². The van der Waals surface area contributed by atoms with Gasteiger partial charge in [0, 0.05) is 32.8 Å². The lowest BCUT2D eigenvalue weighted by Gasteiger charge is -2.21. The van der Waals surface area contributed by atoms with Gasteiger partial charge in [0.2, 0.25) is 0 Å². The third-order valence-electron chi connectivity index (χ3n) is 4.51. The molecule has 3 heterocycles. The van der Waals surface area contributed by atoms with Crippen LogP contribution in [0.2, 0.25) is 0 Å². The molecule has 2 saturated heterocycles. The number of hydrogen-bond acceptors (Lipinski definition) is 6. The van der Waals surface area contributed by atoms with Crippen LogP contribution in [0.1, 0.15) is 55.0 Å². The molecule has 1 aromatic rings.